The van der Waals surface area contributed by atoms with Gasteiger partial charge >= 0.3 is 0 Å². The van der Waals surface area contributed by atoms with Gasteiger partial charge < -0.3 is 19.7 Å². The smallest absolute Gasteiger partial charge is 0.250 e. The van der Waals surface area contributed by atoms with E-state index in [1.54, 1.807) is 30.2 Å². The number of hydrogen-bond donors (Lipinski definition) is 1. The summed E-state index contributed by atoms with van der Waals surface area (Å²) in [5, 5.41) is 2.99. The van der Waals surface area contributed by atoms with Gasteiger partial charge in [-0.15, -0.1) is 0 Å². The molecule has 3 aromatic rings. The van der Waals surface area contributed by atoms with Crippen molar-refractivity contribution in [3.63, 3.8) is 0 Å². The minimum Gasteiger partial charge on any atom is -0.497 e. The number of nitrogens with one attached hydrogen (secondary N) is 1. The van der Waals surface area contributed by atoms with Crippen LogP contribution in [0.2, 0.25) is 0 Å². The molecule has 0 saturated heterocycles. The van der Waals surface area contributed by atoms with Crippen LogP contribution in [0, 0.1) is 6.92 Å². The van der Waals surface area contributed by atoms with Crippen molar-refractivity contribution in [3.8, 4) is 11.5 Å². The molecule has 0 aliphatic heterocycles. The maximum atomic E-state index is 13.8. The lowest BCUT2D eigenvalue weighted by molar-refractivity contribution is -0.145. The van der Waals surface area contributed by atoms with Gasteiger partial charge in [-0.2, -0.15) is 0 Å². The Balaban J connectivity index is 1.97. The number of anilines is 1. The van der Waals surface area contributed by atoms with Crippen LogP contribution in [0.1, 0.15) is 37.0 Å². The van der Waals surface area contributed by atoms with Crippen LogP contribution < -0.4 is 14.8 Å². The number of ether oxygens (including phenoxy) is 2. The molecule has 0 bridgehead atoms. The van der Waals surface area contributed by atoms with Gasteiger partial charge in [0.2, 0.25) is 11.8 Å². The third kappa shape index (κ3) is 6.01. The van der Waals surface area contributed by atoms with Crippen LogP contribution in [-0.2, 0) is 22.6 Å². The summed E-state index contributed by atoms with van der Waals surface area (Å²) < 4.78 is 10.7. The van der Waals surface area contributed by atoms with Gasteiger partial charge in [0.05, 0.1) is 26.3 Å². The van der Waals surface area contributed by atoms with Gasteiger partial charge in [-0.1, -0.05) is 61.5 Å². The van der Waals surface area contributed by atoms with Crippen LogP contribution in [0.4, 0.5) is 5.69 Å². The molecule has 1 N–H and O–H groups in total. The standard InChI is InChI=1S/C29H34N2O4/c1-6-29(3,28(33)30-25-17-16-24(34-4)19-26(25)35-5)31(20-23-15-11-10-12-21(23)2)27(32)18-22-13-8-7-9-14-22/h7-17,19H,6,18,20H2,1-5H3,(H,30,33). The number of amides is 2. The van der Waals surface area contributed by atoms with E-state index < -0.39 is 5.54 Å². The van der Waals surface area contributed by atoms with Crippen LogP contribution >= 0.6 is 0 Å². The van der Waals surface area contributed by atoms with Crippen LogP contribution in [0.15, 0.2) is 72.8 Å². The lowest BCUT2D eigenvalue weighted by Gasteiger charge is -2.40. The van der Waals surface area contributed by atoms with Crippen molar-refractivity contribution in [2.24, 2.45) is 0 Å². The first-order valence-corrected chi connectivity index (χ1v) is 11.7. The SMILES string of the molecule is CCC(C)(C(=O)Nc1ccc(OC)cc1OC)N(Cc1ccccc1C)C(=O)Cc1ccccc1. The quantitative estimate of drug-likeness (QED) is 0.428. The molecule has 1 atom stereocenters. The zero-order chi connectivity index (χ0) is 25.4. The largest absolute Gasteiger partial charge is 0.497 e. The van der Waals surface area contributed by atoms with Crippen molar-refractivity contribution >= 4 is 17.5 Å². The molecule has 0 aromatic heterocycles. The second-order valence-corrected chi connectivity index (χ2v) is 8.72. The summed E-state index contributed by atoms with van der Waals surface area (Å²) in [6.45, 7) is 6.08. The Hall–Kier alpha value is -3.80. The molecule has 0 spiro atoms. The van der Waals surface area contributed by atoms with Gasteiger partial charge in [-0.05, 0) is 49.1 Å². The van der Waals surface area contributed by atoms with Crippen molar-refractivity contribution < 1.29 is 19.1 Å². The van der Waals surface area contributed by atoms with Crippen molar-refractivity contribution in [2.75, 3.05) is 19.5 Å². The number of nitrogens with zero attached hydrogens (tertiary/aromatic N) is 1. The molecule has 2 amide bonds. The summed E-state index contributed by atoms with van der Waals surface area (Å²) in [6, 6.07) is 22.7. The first-order chi connectivity index (χ1) is 16.8. The fourth-order valence-corrected chi connectivity index (χ4v) is 3.99. The van der Waals surface area contributed by atoms with Crippen molar-refractivity contribution in [1.82, 2.24) is 4.90 Å². The van der Waals surface area contributed by atoms with Gasteiger partial charge in [-0.25, -0.2) is 0 Å². The van der Waals surface area contributed by atoms with Gasteiger partial charge in [0.1, 0.15) is 17.0 Å². The summed E-state index contributed by atoms with van der Waals surface area (Å²) in [5.74, 6) is 0.716. The van der Waals surface area contributed by atoms with Crippen molar-refractivity contribution in [3.05, 3.63) is 89.5 Å². The van der Waals surface area contributed by atoms with E-state index in [1.807, 2.05) is 75.4 Å². The summed E-state index contributed by atoms with van der Waals surface area (Å²) in [6.07, 6.45) is 0.644. The highest BCUT2D eigenvalue weighted by Gasteiger charge is 2.41. The lowest BCUT2D eigenvalue weighted by atomic mass is 9.92. The van der Waals surface area contributed by atoms with E-state index in [9.17, 15) is 9.59 Å². The predicted octanol–water partition coefficient (Wildman–Crippen LogP) is 5.39. The monoisotopic (exact) mass is 474 g/mol. The fourth-order valence-electron chi connectivity index (χ4n) is 3.99. The number of methoxy groups -OCH3 is 2. The highest BCUT2D eigenvalue weighted by atomic mass is 16.5. The summed E-state index contributed by atoms with van der Waals surface area (Å²) >= 11 is 0. The second kappa shape index (κ2) is 11.6. The predicted molar refractivity (Wildman–Crippen MR) is 139 cm³/mol. The van der Waals surface area contributed by atoms with Crippen molar-refractivity contribution in [1.29, 1.82) is 0 Å². The molecule has 6 nitrogen and oxygen atoms in total. The molecule has 1 unspecified atom stereocenters. The molecule has 0 aliphatic rings. The number of carbonyl (C=O) groups is 2. The second-order valence-electron chi connectivity index (χ2n) is 8.72. The number of aryl methyl sites for hydroxylation is 1. The van der Waals surface area contributed by atoms with E-state index in [0.717, 1.165) is 16.7 Å². The third-order valence-corrected chi connectivity index (χ3v) is 6.52. The van der Waals surface area contributed by atoms with Gasteiger partial charge in [0.25, 0.3) is 0 Å². The Morgan fingerprint density at radius 2 is 1.63 bits per heavy atom. The fraction of sp³-hybridized carbons (Fsp3) is 0.310. The number of rotatable bonds is 10. The molecule has 0 aliphatic carbocycles. The summed E-state index contributed by atoms with van der Waals surface area (Å²) in [7, 11) is 3.11. The normalized spacial score (nSPS) is 12.4. The van der Waals surface area contributed by atoms with E-state index >= 15 is 0 Å². The highest BCUT2D eigenvalue weighted by molar-refractivity contribution is 6.01. The van der Waals surface area contributed by atoms with Crippen LogP contribution in [0.3, 0.4) is 0 Å². The molecule has 35 heavy (non-hydrogen) atoms. The molecule has 0 fully saturated rings. The Labute approximate surface area is 207 Å². The van der Waals surface area contributed by atoms with E-state index in [1.165, 1.54) is 7.11 Å². The highest BCUT2D eigenvalue weighted by Crippen LogP contribution is 2.32. The molecule has 3 rings (SSSR count). The van der Waals surface area contributed by atoms with E-state index in [2.05, 4.69) is 5.32 Å². The maximum absolute atomic E-state index is 13.8. The average Bonchev–Trinajstić information content (AvgIpc) is 2.88. The van der Waals surface area contributed by atoms with Gasteiger partial charge in [0, 0.05) is 12.6 Å². The number of hydrogen-bond acceptors (Lipinski definition) is 4. The van der Waals surface area contributed by atoms with Crippen LogP contribution in [0.25, 0.3) is 0 Å². The van der Waals surface area contributed by atoms with Gasteiger partial charge in [0.15, 0.2) is 0 Å². The van der Waals surface area contributed by atoms with E-state index in [-0.39, 0.29) is 18.2 Å². The number of benzene rings is 3. The molecule has 0 radical (unpaired) electrons. The minimum absolute atomic E-state index is 0.111. The zero-order valence-electron chi connectivity index (χ0n) is 21.1. The first-order valence-electron chi connectivity index (χ1n) is 11.7. The third-order valence-electron chi connectivity index (χ3n) is 6.52. The zero-order valence-corrected chi connectivity index (χ0v) is 21.1. The molecular weight excluding hydrogens is 440 g/mol. The molecule has 0 heterocycles. The molecular formula is C29H34N2O4. The van der Waals surface area contributed by atoms with Gasteiger partial charge in [-0.3, -0.25) is 9.59 Å². The first kappa shape index (κ1) is 25.8. The summed E-state index contributed by atoms with van der Waals surface area (Å²) in [5.41, 5.74) is 2.40. The van der Waals surface area contributed by atoms with Crippen LogP contribution in [0.5, 0.6) is 11.5 Å². The molecule has 6 heteroatoms. The maximum Gasteiger partial charge on any atom is 0.250 e. The topological polar surface area (TPSA) is 67.9 Å². The molecule has 184 valence electrons. The van der Waals surface area contributed by atoms with E-state index in [4.69, 9.17) is 9.47 Å². The number of carbonyl (C=O) groups excluding carboxylic acids is 2. The van der Waals surface area contributed by atoms with E-state index in [0.29, 0.717) is 30.2 Å². The molecule has 0 saturated carbocycles. The van der Waals surface area contributed by atoms with Crippen LogP contribution in [-0.4, -0.2) is 36.5 Å². The van der Waals surface area contributed by atoms with Crippen molar-refractivity contribution in [2.45, 2.75) is 45.7 Å². The Morgan fingerprint density at radius 1 is 0.943 bits per heavy atom. The average molecular weight is 475 g/mol. The Bertz CT molecular complexity index is 1160. The summed E-state index contributed by atoms with van der Waals surface area (Å²) in [4.78, 5) is 29.2. The Morgan fingerprint density at radius 3 is 2.26 bits per heavy atom. The minimum atomic E-state index is -1.10. The Kier molecular flexibility index (Phi) is 8.53. The lowest BCUT2D eigenvalue weighted by Crippen LogP contribution is -2.56. The molecule has 3 aromatic carbocycles.